The highest BCUT2D eigenvalue weighted by Crippen LogP contribution is 2.48. The van der Waals surface area contributed by atoms with Crippen LogP contribution in [0.25, 0.3) is 10.8 Å². The first-order valence-corrected chi connectivity index (χ1v) is 12.4. The van der Waals surface area contributed by atoms with Crippen molar-refractivity contribution >= 4 is 16.7 Å². The predicted octanol–water partition coefficient (Wildman–Crippen LogP) is 7.51. The Morgan fingerprint density at radius 2 is 1.68 bits per heavy atom. The molecule has 0 saturated heterocycles. The zero-order chi connectivity index (χ0) is 27.3. The van der Waals surface area contributed by atoms with Gasteiger partial charge in [0.2, 0.25) is 0 Å². The summed E-state index contributed by atoms with van der Waals surface area (Å²) in [7, 11) is 0. The van der Waals surface area contributed by atoms with Crippen molar-refractivity contribution in [2.45, 2.75) is 83.4 Å². The van der Waals surface area contributed by atoms with E-state index >= 15 is 0 Å². The van der Waals surface area contributed by atoms with E-state index in [1.165, 1.54) is 18.2 Å². The Hall–Kier alpha value is -2.49. The zero-order valence-electron chi connectivity index (χ0n) is 20.8. The third-order valence-corrected chi connectivity index (χ3v) is 8.24. The number of rotatable bonds is 6. The molecular weight excluding hydrogens is 500 g/mol. The molecule has 2 saturated carbocycles. The number of nitrogens with one attached hydrogen (secondary N) is 1. The Balaban J connectivity index is 1.58. The SMILES string of the molecule is CC(NC1CC(C(=O)O)C1(C)C)c1ccc2ccc(OC3CCC(C(F)(F)F)CC3)c(C(F)(F)F)c2c1. The van der Waals surface area contributed by atoms with Crippen molar-refractivity contribution < 1.29 is 41.0 Å². The highest BCUT2D eigenvalue weighted by Gasteiger charge is 2.52. The highest BCUT2D eigenvalue weighted by atomic mass is 19.4. The number of benzene rings is 2. The summed E-state index contributed by atoms with van der Waals surface area (Å²) in [5, 5.41) is 13.0. The maximum atomic E-state index is 14.3. The third kappa shape index (κ3) is 5.54. The number of ether oxygens (including phenoxy) is 1. The molecule has 0 heterocycles. The van der Waals surface area contributed by atoms with Gasteiger partial charge in [-0.3, -0.25) is 4.79 Å². The first-order chi connectivity index (χ1) is 17.1. The maximum Gasteiger partial charge on any atom is 0.420 e. The number of hydrogen-bond acceptors (Lipinski definition) is 3. The van der Waals surface area contributed by atoms with Gasteiger partial charge in [0.05, 0.1) is 17.9 Å². The normalized spacial score (nSPS) is 26.9. The third-order valence-electron chi connectivity index (χ3n) is 8.24. The number of alkyl halides is 6. The molecule has 0 aliphatic heterocycles. The Bertz CT molecular complexity index is 1150. The number of hydrogen-bond donors (Lipinski definition) is 2. The van der Waals surface area contributed by atoms with Crippen molar-refractivity contribution in [3.8, 4) is 5.75 Å². The Morgan fingerprint density at radius 1 is 1.05 bits per heavy atom. The second kappa shape index (κ2) is 9.67. The van der Waals surface area contributed by atoms with Crippen molar-refractivity contribution in [3.63, 3.8) is 0 Å². The van der Waals surface area contributed by atoms with Gasteiger partial charge in [-0.25, -0.2) is 0 Å². The smallest absolute Gasteiger partial charge is 0.420 e. The molecule has 2 fully saturated rings. The van der Waals surface area contributed by atoms with Crippen LogP contribution in [0.1, 0.15) is 70.0 Å². The lowest BCUT2D eigenvalue weighted by molar-refractivity contribution is -0.185. The predicted molar refractivity (Wildman–Crippen MR) is 126 cm³/mol. The summed E-state index contributed by atoms with van der Waals surface area (Å²) in [6.45, 7) is 5.53. The molecule has 2 aromatic carbocycles. The van der Waals surface area contributed by atoms with Gasteiger partial charge in [0, 0.05) is 12.1 Å². The number of carboxylic acids is 1. The van der Waals surface area contributed by atoms with Crippen LogP contribution in [0.15, 0.2) is 30.3 Å². The van der Waals surface area contributed by atoms with Gasteiger partial charge in [0.1, 0.15) is 11.3 Å². The van der Waals surface area contributed by atoms with Gasteiger partial charge in [-0.15, -0.1) is 0 Å². The van der Waals surface area contributed by atoms with E-state index in [1.54, 1.807) is 12.1 Å². The van der Waals surface area contributed by atoms with Gasteiger partial charge in [-0.05, 0) is 72.9 Å². The van der Waals surface area contributed by atoms with E-state index in [9.17, 15) is 36.2 Å². The first kappa shape index (κ1) is 27.5. The van der Waals surface area contributed by atoms with Crippen LogP contribution in [0.4, 0.5) is 26.3 Å². The molecule has 2 aromatic rings. The van der Waals surface area contributed by atoms with Crippen molar-refractivity contribution in [1.82, 2.24) is 5.32 Å². The largest absolute Gasteiger partial charge is 0.490 e. The lowest BCUT2D eigenvalue weighted by atomic mass is 9.58. The molecule has 37 heavy (non-hydrogen) atoms. The Kier molecular flexibility index (Phi) is 7.20. The summed E-state index contributed by atoms with van der Waals surface area (Å²) in [5.41, 5.74) is -0.831. The average Bonchev–Trinajstić information content (AvgIpc) is 2.79. The fourth-order valence-electron chi connectivity index (χ4n) is 5.69. The molecule has 0 radical (unpaired) electrons. The van der Waals surface area contributed by atoms with Gasteiger partial charge in [-0.2, -0.15) is 26.3 Å². The number of carboxylic acid groups (broad SMARTS) is 1. The van der Waals surface area contributed by atoms with Crippen LogP contribution in [0.5, 0.6) is 5.75 Å². The quantitative estimate of drug-likeness (QED) is 0.379. The summed E-state index contributed by atoms with van der Waals surface area (Å²) in [5.74, 6) is -3.18. The monoisotopic (exact) mass is 531 g/mol. The molecule has 204 valence electrons. The number of fused-ring (bicyclic) bond motifs is 1. The van der Waals surface area contributed by atoms with Gasteiger partial charge in [0.15, 0.2) is 0 Å². The molecule has 0 aromatic heterocycles. The van der Waals surface area contributed by atoms with E-state index in [-0.39, 0.29) is 48.9 Å². The molecule has 0 bridgehead atoms. The van der Waals surface area contributed by atoms with Gasteiger partial charge in [0.25, 0.3) is 0 Å². The lowest BCUT2D eigenvalue weighted by Crippen LogP contribution is -2.59. The number of carbonyl (C=O) groups is 1. The molecule has 0 amide bonds. The fourth-order valence-corrected chi connectivity index (χ4v) is 5.69. The summed E-state index contributed by atoms with van der Waals surface area (Å²) < 4.78 is 87.4. The van der Waals surface area contributed by atoms with Crippen LogP contribution < -0.4 is 10.1 Å². The van der Waals surface area contributed by atoms with Gasteiger partial charge >= 0.3 is 18.3 Å². The molecule has 4 rings (SSSR count). The van der Waals surface area contributed by atoms with Crippen LogP contribution >= 0.6 is 0 Å². The van der Waals surface area contributed by atoms with Crippen molar-refractivity contribution in [2.24, 2.45) is 17.3 Å². The zero-order valence-corrected chi connectivity index (χ0v) is 20.8. The van der Waals surface area contributed by atoms with E-state index in [0.717, 1.165) is 0 Å². The lowest BCUT2D eigenvalue weighted by Gasteiger charge is -2.51. The van der Waals surface area contributed by atoms with Crippen LogP contribution in [0, 0.1) is 17.3 Å². The average molecular weight is 532 g/mol. The van der Waals surface area contributed by atoms with Crippen molar-refractivity contribution in [1.29, 1.82) is 0 Å². The summed E-state index contributed by atoms with van der Waals surface area (Å²) in [6, 6.07) is 7.11. The number of aliphatic carboxylic acids is 1. The standard InChI is InChI=1S/C27H31F6NO3/c1-14(34-22-13-20(24(35)36)25(22,2)3)16-5-4-15-6-11-21(23(19(15)12-16)27(31,32)33)37-18-9-7-17(8-10-18)26(28,29)30/h4-6,11-12,14,17-18,20,22,34H,7-10,13H2,1-3H3,(H,35,36). The molecular formula is C27H31F6NO3. The van der Waals surface area contributed by atoms with E-state index in [1.807, 2.05) is 20.8 Å². The van der Waals surface area contributed by atoms with Crippen LogP contribution in [-0.4, -0.2) is 29.4 Å². The van der Waals surface area contributed by atoms with Gasteiger partial charge < -0.3 is 15.2 Å². The van der Waals surface area contributed by atoms with Crippen molar-refractivity contribution in [3.05, 3.63) is 41.5 Å². The highest BCUT2D eigenvalue weighted by molar-refractivity contribution is 5.89. The summed E-state index contributed by atoms with van der Waals surface area (Å²) in [4.78, 5) is 11.4. The minimum atomic E-state index is -4.74. The minimum absolute atomic E-state index is 0.0367. The number of halogens is 6. The molecule has 3 unspecified atom stereocenters. The molecule has 10 heteroatoms. The van der Waals surface area contributed by atoms with E-state index < -0.39 is 47.2 Å². The van der Waals surface area contributed by atoms with Crippen LogP contribution in [0.2, 0.25) is 0 Å². The molecule has 0 spiro atoms. The molecule has 3 atom stereocenters. The maximum absolute atomic E-state index is 14.3. The second-order valence-corrected chi connectivity index (χ2v) is 10.9. The van der Waals surface area contributed by atoms with Crippen LogP contribution in [0.3, 0.4) is 0 Å². The van der Waals surface area contributed by atoms with E-state index in [2.05, 4.69) is 5.32 Å². The Morgan fingerprint density at radius 3 is 2.22 bits per heavy atom. The van der Waals surface area contributed by atoms with Crippen LogP contribution in [-0.2, 0) is 11.0 Å². The summed E-state index contributed by atoms with van der Waals surface area (Å²) in [6.07, 6.45) is -9.60. The van der Waals surface area contributed by atoms with E-state index in [0.29, 0.717) is 17.4 Å². The fraction of sp³-hybridized carbons (Fsp3) is 0.593. The molecule has 2 N–H and O–H groups in total. The molecule has 2 aliphatic carbocycles. The molecule has 2 aliphatic rings. The van der Waals surface area contributed by atoms with Gasteiger partial charge in [-0.1, -0.05) is 32.0 Å². The first-order valence-electron chi connectivity index (χ1n) is 12.4. The minimum Gasteiger partial charge on any atom is -0.490 e. The van der Waals surface area contributed by atoms with E-state index in [4.69, 9.17) is 4.74 Å². The Labute approximate surface area is 211 Å². The topological polar surface area (TPSA) is 58.6 Å². The molecule has 4 nitrogen and oxygen atoms in total. The second-order valence-electron chi connectivity index (χ2n) is 10.9. The summed E-state index contributed by atoms with van der Waals surface area (Å²) >= 11 is 0. The van der Waals surface area contributed by atoms with Crippen molar-refractivity contribution in [2.75, 3.05) is 0 Å².